The van der Waals surface area contributed by atoms with Crippen LogP contribution < -0.4 is 4.74 Å². The number of hydrogen-bond acceptors (Lipinski definition) is 3. The number of nitrogens with one attached hydrogen (secondary N) is 1. The molecule has 0 radical (unpaired) electrons. The zero-order valence-corrected chi connectivity index (χ0v) is 21.8. The second-order valence-electron chi connectivity index (χ2n) is 10.2. The molecule has 0 atom stereocenters. The molecule has 1 fully saturated rings. The molecule has 5 rings (SSSR count). The number of hydrogen-bond donors (Lipinski definition) is 1. The zero-order chi connectivity index (χ0) is 26.1. The number of carbonyl (C=O) groups is 2. The first-order valence-corrected chi connectivity index (χ1v) is 13.1. The monoisotopic (exact) mass is 503 g/mol. The van der Waals surface area contributed by atoms with Crippen LogP contribution in [0.3, 0.4) is 0 Å². The minimum absolute atomic E-state index is 0.0614. The van der Waals surface area contributed by atoms with Crippen molar-refractivity contribution < 1.29 is 18.7 Å². The third kappa shape index (κ3) is 4.75. The zero-order valence-electron chi connectivity index (χ0n) is 21.8. The lowest BCUT2D eigenvalue weighted by Crippen LogP contribution is -2.38. The Labute approximate surface area is 217 Å². The molecule has 1 aromatic heterocycles. The molecule has 2 aliphatic rings. The summed E-state index contributed by atoms with van der Waals surface area (Å²) in [5.74, 6) is 0.0967. The Hall–Kier alpha value is -3.61. The maximum Gasteiger partial charge on any atom is 0.270 e. The Balaban J connectivity index is 1.65. The average Bonchev–Trinajstić information content (AvgIpc) is 3.39. The fourth-order valence-corrected chi connectivity index (χ4v) is 5.46. The minimum Gasteiger partial charge on any atom is -0.496 e. The number of para-hydroxylation sites is 1. The molecule has 2 aliphatic heterocycles. The summed E-state index contributed by atoms with van der Waals surface area (Å²) in [6.45, 7) is 6.17. The number of likely N-dealkylation sites (tertiary alicyclic amines) is 1. The largest absolute Gasteiger partial charge is 0.496 e. The van der Waals surface area contributed by atoms with Crippen LogP contribution in [-0.2, 0) is 4.79 Å². The molecule has 2 amide bonds. The lowest BCUT2D eigenvalue weighted by Gasteiger charge is -2.29. The maximum atomic E-state index is 16.2. The SMILES string of the molecule is COc1ccccc1-c1cc(C2=CCCN(C(=O)C(C)C)C2)c(F)c2[nH]c(C(=O)N3CCCCC3)cc12. The summed E-state index contributed by atoms with van der Waals surface area (Å²) in [7, 11) is 1.61. The van der Waals surface area contributed by atoms with E-state index in [4.69, 9.17) is 4.74 Å². The van der Waals surface area contributed by atoms with Gasteiger partial charge in [0.15, 0.2) is 5.82 Å². The fraction of sp³-hybridized carbons (Fsp3) is 0.400. The van der Waals surface area contributed by atoms with Gasteiger partial charge in [-0.05, 0) is 55.0 Å². The number of rotatable bonds is 5. The summed E-state index contributed by atoms with van der Waals surface area (Å²) in [6, 6.07) is 11.2. The average molecular weight is 504 g/mol. The van der Waals surface area contributed by atoms with Gasteiger partial charge in [0.25, 0.3) is 5.91 Å². The molecule has 194 valence electrons. The summed E-state index contributed by atoms with van der Waals surface area (Å²) in [4.78, 5) is 32.8. The van der Waals surface area contributed by atoms with Gasteiger partial charge in [-0.15, -0.1) is 0 Å². The Morgan fingerprint density at radius 3 is 2.46 bits per heavy atom. The van der Waals surface area contributed by atoms with Gasteiger partial charge in [-0.2, -0.15) is 0 Å². The highest BCUT2D eigenvalue weighted by Gasteiger charge is 2.27. The molecule has 0 aliphatic carbocycles. The summed E-state index contributed by atoms with van der Waals surface area (Å²) in [6.07, 6.45) is 5.77. The van der Waals surface area contributed by atoms with Crippen LogP contribution >= 0.6 is 0 Å². The van der Waals surface area contributed by atoms with Crippen LogP contribution in [0.2, 0.25) is 0 Å². The third-order valence-electron chi connectivity index (χ3n) is 7.43. The van der Waals surface area contributed by atoms with Crippen molar-refractivity contribution in [3.8, 4) is 16.9 Å². The van der Waals surface area contributed by atoms with Crippen LogP contribution in [0.5, 0.6) is 5.75 Å². The molecule has 1 N–H and O–H groups in total. The first-order chi connectivity index (χ1) is 17.9. The Morgan fingerprint density at radius 2 is 1.73 bits per heavy atom. The molecule has 0 spiro atoms. The predicted octanol–water partition coefficient (Wildman–Crippen LogP) is 5.88. The maximum absolute atomic E-state index is 16.2. The fourth-order valence-electron chi connectivity index (χ4n) is 5.46. The molecular formula is C30H34FN3O3. The van der Waals surface area contributed by atoms with Gasteiger partial charge >= 0.3 is 0 Å². The first kappa shape index (κ1) is 25.1. The number of aromatic nitrogens is 1. The predicted molar refractivity (Wildman–Crippen MR) is 144 cm³/mol. The van der Waals surface area contributed by atoms with Gasteiger partial charge in [0, 0.05) is 48.6 Å². The van der Waals surface area contributed by atoms with Crippen molar-refractivity contribution in [1.29, 1.82) is 0 Å². The standard InChI is InChI=1S/C30H34FN3O3/c1-19(2)29(35)34-15-9-10-20(18-34)22-16-23(21-11-5-6-12-26(21)37-3)24-17-25(32-28(24)27(22)31)30(36)33-13-7-4-8-14-33/h5-6,10-12,16-17,19,32H,4,7-9,13-15,18H2,1-3H3. The topological polar surface area (TPSA) is 65.6 Å². The molecule has 2 aromatic carbocycles. The molecule has 3 heterocycles. The van der Waals surface area contributed by atoms with Crippen LogP contribution in [0, 0.1) is 11.7 Å². The molecular weight excluding hydrogens is 469 g/mol. The van der Waals surface area contributed by atoms with E-state index in [2.05, 4.69) is 4.98 Å². The summed E-state index contributed by atoms with van der Waals surface area (Å²) in [5, 5.41) is 0.637. The van der Waals surface area contributed by atoms with E-state index in [0.29, 0.717) is 60.5 Å². The van der Waals surface area contributed by atoms with Crippen LogP contribution in [0.15, 0.2) is 42.5 Å². The summed E-state index contributed by atoms with van der Waals surface area (Å²) < 4.78 is 21.8. The molecule has 7 heteroatoms. The van der Waals surface area contributed by atoms with E-state index in [9.17, 15) is 9.59 Å². The van der Waals surface area contributed by atoms with Crippen molar-refractivity contribution in [2.45, 2.75) is 39.5 Å². The van der Waals surface area contributed by atoms with E-state index >= 15 is 4.39 Å². The Bertz CT molecular complexity index is 1370. The highest BCUT2D eigenvalue weighted by Crippen LogP contribution is 2.40. The van der Waals surface area contributed by atoms with Crippen LogP contribution in [0.4, 0.5) is 4.39 Å². The number of carbonyl (C=O) groups excluding carboxylic acids is 2. The van der Waals surface area contributed by atoms with Crippen molar-refractivity contribution in [2.24, 2.45) is 5.92 Å². The number of ether oxygens (including phenoxy) is 1. The van der Waals surface area contributed by atoms with Crippen molar-refractivity contribution in [3.63, 3.8) is 0 Å². The van der Waals surface area contributed by atoms with Crippen LogP contribution in [-0.4, -0.2) is 59.9 Å². The van der Waals surface area contributed by atoms with Gasteiger partial charge in [0.05, 0.1) is 12.6 Å². The molecule has 1 saturated heterocycles. The summed E-state index contributed by atoms with van der Waals surface area (Å²) >= 11 is 0. The molecule has 3 aromatic rings. The van der Waals surface area contributed by atoms with E-state index in [1.807, 2.05) is 55.2 Å². The second kappa shape index (κ2) is 10.4. The van der Waals surface area contributed by atoms with Crippen LogP contribution in [0.25, 0.3) is 27.6 Å². The number of piperidine rings is 1. The number of benzene rings is 2. The Morgan fingerprint density at radius 1 is 0.973 bits per heavy atom. The third-order valence-corrected chi connectivity index (χ3v) is 7.43. The number of nitrogens with zero attached hydrogens (tertiary/aromatic N) is 2. The smallest absolute Gasteiger partial charge is 0.270 e. The second-order valence-corrected chi connectivity index (χ2v) is 10.2. The highest BCUT2D eigenvalue weighted by atomic mass is 19.1. The molecule has 37 heavy (non-hydrogen) atoms. The normalized spacial score (nSPS) is 16.3. The minimum atomic E-state index is -0.406. The number of H-pyrrole nitrogens is 1. The number of amides is 2. The number of fused-ring (bicyclic) bond motifs is 1. The summed E-state index contributed by atoms with van der Waals surface area (Å²) in [5.41, 5.74) is 3.50. The van der Waals surface area contributed by atoms with Gasteiger partial charge in [0.1, 0.15) is 11.4 Å². The van der Waals surface area contributed by atoms with Crippen LogP contribution in [0.1, 0.15) is 55.6 Å². The molecule has 0 saturated carbocycles. The van der Waals surface area contributed by atoms with Gasteiger partial charge in [-0.1, -0.05) is 38.1 Å². The molecule has 0 unspecified atom stereocenters. The molecule has 6 nitrogen and oxygen atoms in total. The van der Waals surface area contributed by atoms with Crippen molar-refractivity contribution in [1.82, 2.24) is 14.8 Å². The number of halogens is 1. The quantitative estimate of drug-likeness (QED) is 0.473. The first-order valence-electron chi connectivity index (χ1n) is 13.1. The van der Waals surface area contributed by atoms with E-state index in [-0.39, 0.29) is 17.7 Å². The lowest BCUT2D eigenvalue weighted by molar-refractivity contribution is -0.133. The number of aromatic amines is 1. The van der Waals surface area contributed by atoms with E-state index < -0.39 is 5.82 Å². The van der Waals surface area contributed by atoms with E-state index in [1.54, 1.807) is 18.1 Å². The Kier molecular flexibility index (Phi) is 7.04. The number of methoxy groups -OCH3 is 1. The van der Waals surface area contributed by atoms with Gasteiger partial charge < -0.3 is 19.5 Å². The van der Waals surface area contributed by atoms with Gasteiger partial charge in [0.2, 0.25) is 5.91 Å². The van der Waals surface area contributed by atoms with Gasteiger partial charge in [-0.3, -0.25) is 9.59 Å². The molecule has 0 bridgehead atoms. The van der Waals surface area contributed by atoms with E-state index in [1.165, 1.54) is 0 Å². The highest BCUT2D eigenvalue weighted by molar-refractivity contribution is 6.05. The lowest BCUT2D eigenvalue weighted by atomic mass is 9.92. The van der Waals surface area contributed by atoms with Crippen molar-refractivity contribution >= 4 is 28.3 Å². The van der Waals surface area contributed by atoms with Crippen molar-refractivity contribution in [3.05, 3.63) is 59.5 Å². The van der Waals surface area contributed by atoms with Gasteiger partial charge in [-0.25, -0.2) is 4.39 Å². The van der Waals surface area contributed by atoms with Crippen molar-refractivity contribution in [2.75, 3.05) is 33.3 Å². The van der Waals surface area contributed by atoms with E-state index in [0.717, 1.165) is 36.0 Å².